The maximum atomic E-state index is 11.6. The molecule has 1 rings (SSSR count). The summed E-state index contributed by atoms with van der Waals surface area (Å²) in [7, 11) is 0. The van der Waals surface area contributed by atoms with Crippen LogP contribution in [0.15, 0.2) is 28.2 Å². The van der Waals surface area contributed by atoms with E-state index in [0.29, 0.717) is 11.3 Å². The number of ketones is 1. The van der Waals surface area contributed by atoms with Crippen molar-refractivity contribution in [1.82, 2.24) is 0 Å². The molecule has 0 spiro atoms. The van der Waals surface area contributed by atoms with Gasteiger partial charge in [-0.3, -0.25) is 9.59 Å². The van der Waals surface area contributed by atoms with Crippen molar-refractivity contribution in [2.75, 3.05) is 0 Å². The Morgan fingerprint density at radius 3 is 2.56 bits per heavy atom. The molecule has 0 radical (unpaired) electrons. The molecule has 1 aromatic rings. The molecule has 1 aromatic heterocycles. The first-order valence-corrected chi connectivity index (χ1v) is 5.08. The Morgan fingerprint density at radius 1 is 1.50 bits per heavy atom. The van der Waals surface area contributed by atoms with E-state index in [9.17, 15) is 9.59 Å². The molecular weight excluding hydrogens is 230 g/mol. The van der Waals surface area contributed by atoms with Crippen molar-refractivity contribution in [3.05, 3.63) is 35.3 Å². The van der Waals surface area contributed by atoms with Gasteiger partial charge in [0.2, 0.25) is 11.7 Å². The van der Waals surface area contributed by atoms with Crippen LogP contribution in [-0.4, -0.2) is 17.1 Å². The SMILES string of the molecule is C/C(=C\C(=O)c1ccc(C)o1)C(Cl)C(N)=O. The monoisotopic (exact) mass is 241 g/mol. The van der Waals surface area contributed by atoms with E-state index in [1.54, 1.807) is 26.0 Å². The molecule has 86 valence electrons. The third-order valence-electron chi connectivity index (χ3n) is 1.99. The van der Waals surface area contributed by atoms with Crippen molar-refractivity contribution >= 4 is 23.3 Å². The predicted molar refractivity (Wildman–Crippen MR) is 60.4 cm³/mol. The van der Waals surface area contributed by atoms with E-state index in [1.807, 2.05) is 0 Å². The van der Waals surface area contributed by atoms with Crippen molar-refractivity contribution in [1.29, 1.82) is 0 Å². The van der Waals surface area contributed by atoms with Gasteiger partial charge in [-0.05, 0) is 37.6 Å². The third kappa shape index (κ3) is 2.97. The van der Waals surface area contributed by atoms with E-state index in [0.717, 1.165) is 0 Å². The summed E-state index contributed by atoms with van der Waals surface area (Å²) < 4.78 is 5.13. The fourth-order valence-electron chi connectivity index (χ4n) is 1.14. The van der Waals surface area contributed by atoms with Crippen LogP contribution in [0.2, 0.25) is 0 Å². The largest absolute Gasteiger partial charge is 0.458 e. The number of halogens is 1. The second-order valence-corrected chi connectivity index (χ2v) is 3.86. The van der Waals surface area contributed by atoms with Crippen molar-refractivity contribution in [3.8, 4) is 0 Å². The molecule has 1 unspecified atom stereocenters. The maximum absolute atomic E-state index is 11.6. The van der Waals surface area contributed by atoms with Crippen LogP contribution in [0.1, 0.15) is 23.2 Å². The van der Waals surface area contributed by atoms with Gasteiger partial charge in [0.15, 0.2) is 5.76 Å². The Morgan fingerprint density at radius 2 is 2.12 bits per heavy atom. The molecule has 2 N–H and O–H groups in total. The van der Waals surface area contributed by atoms with Crippen molar-refractivity contribution in [2.24, 2.45) is 5.73 Å². The van der Waals surface area contributed by atoms with Gasteiger partial charge in [-0.15, -0.1) is 11.6 Å². The van der Waals surface area contributed by atoms with E-state index < -0.39 is 11.3 Å². The second-order valence-electron chi connectivity index (χ2n) is 3.43. The van der Waals surface area contributed by atoms with E-state index in [4.69, 9.17) is 21.8 Å². The minimum absolute atomic E-state index is 0.213. The van der Waals surface area contributed by atoms with Crippen LogP contribution in [0.5, 0.6) is 0 Å². The average Bonchev–Trinajstić information content (AvgIpc) is 2.63. The molecular formula is C11H12ClNO3. The number of hydrogen-bond acceptors (Lipinski definition) is 3. The molecule has 0 aromatic carbocycles. The van der Waals surface area contributed by atoms with Gasteiger partial charge in [0, 0.05) is 0 Å². The van der Waals surface area contributed by atoms with Gasteiger partial charge in [0.25, 0.3) is 0 Å². The van der Waals surface area contributed by atoms with Gasteiger partial charge in [0.05, 0.1) is 0 Å². The Labute approximate surface area is 98.1 Å². The van der Waals surface area contributed by atoms with E-state index in [2.05, 4.69) is 0 Å². The molecule has 1 atom stereocenters. The lowest BCUT2D eigenvalue weighted by Crippen LogP contribution is -2.24. The number of allylic oxidation sites excluding steroid dienone is 1. The van der Waals surface area contributed by atoms with Crippen LogP contribution in [-0.2, 0) is 4.79 Å². The molecule has 4 nitrogen and oxygen atoms in total. The number of aryl methyl sites for hydroxylation is 1. The molecule has 1 heterocycles. The Balaban J connectivity index is 2.84. The van der Waals surface area contributed by atoms with Crippen LogP contribution >= 0.6 is 11.6 Å². The smallest absolute Gasteiger partial charge is 0.239 e. The highest BCUT2D eigenvalue weighted by atomic mass is 35.5. The lowest BCUT2D eigenvalue weighted by molar-refractivity contribution is -0.117. The second kappa shape index (κ2) is 4.99. The highest BCUT2D eigenvalue weighted by Crippen LogP contribution is 2.13. The number of carbonyl (C=O) groups is 2. The Hall–Kier alpha value is -1.55. The molecule has 0 fully saturated rings. The summed E-state index contributed by atoms with van der Waals surface area (Å²) in [6, 6.07) is 3.25. The fourth-order valence-corrected chi connectivity index (χ4v) is 1.21. The molecule has 0 aliphatic heterocycles. The summed E-state index contributed by atoms with van der Waals surface area (Å²) in [6.45, 7) is 3.30. The first-order valence-electron chi connectivity index (χ1n) is 4.64. The fraction of sp³-hybridized carbons (Fsp3) is 0.273. The quantitative estimate of drug-likeness (QED) is 0.496. The molecule has 5 heteroatoms. The molecule has 0 bridgehead atoms. The van der Waals surface area contributed by atoms with Crippen LogP contribution in [0, 0.1) is 6.92 Å². The highest BCUT2D eigenvalue weighted by molar-refractivity contribution is 6.32. The Bertz CT molecular complexity index is 448. The number of carbonyl (C=O) groups excluding carboxylic acids is 2. The van der Waals surface area contributed by atoms with Gasteiger partial charge >= 0.3 is 0 Å². The summed E-state index contributed by atoms with van der Waals surface area (Å²) in [6.07, 6.45) is 1.25. The number of furan rings is 1. The lowest BCUT2D eigenvalue weighted by atomic mass is 10.1. The highest BCUT2D eigenvalue weighted by Gasteiger charge is 2.16. The molecule has 0 aliphatic carbocycles. The zero-order valence-corrected chi connectivity index (χ0v) is 9.75. The summed E-state index contributed by atoms with van der Waals surface area (Å²) >= 11 is 5.68. The van der Waals surface area contributed by atoms with Gasteiger partial charge in [-0.25, -0.2) is 0 Å². The molecule has 0 saturated heterocycles. The average molecular weight is 242 g/mol. The maximum Gasteiger partial charge on any atom is 0.239 e. The first kappa shape index (κ1) is 12.5. The van der Waals surface area contributed by atoms with Gasteiger partial charge in [-0.2, -0.15) is 0 Å². The Kier molecular flexibility index (Phi) is 3.90. The standard InChI is InChI=1S/C11H12ClNO3/c1-6(10(12)11(13)15)5-8(14)9-4-3-7(2)16-9/h3-5,10H,1-2H3,(H2,13,15)/b6-5+. The first-order chi connectivity index (χ1) is 7.41. The van der Waals surface area contributed by atoms with Crippen molar-refractivity contribution in [2.45, 2.75) is 19.2 Å². The summed E-state index contributed by atoms with van der Waals surface area (Å²) in [5.41, 5.74) is 5.41. The van der Waals surface area contributed by atoms with E-state index in [1.165, 1.54) is 6.08 Å². The molecule has 16 heavy (non-hydrogen) atoms. The van der Waals surface area contributed by atoms with Crippen molar-refractivity contribution < 1.29 is 14.0 Å². The van der Waals surface area contributed by atoms with Gasteiger partial charge in [-0.1, -0.05) is 0 Å². The molecule has 0 aliphatic rings. The summed E-state index contributed by atoms with van der Waals surface area (Å²) in [4.78, 5) is 22.4. The zero-order chi connectivity index (χ0) is 12.3. The van der Waals surface area contributed by atoms with Crippen LogP contribution in [0.3, 0.4) is 0 Å². The van der Waals surface area contributed by atoms with Gasteiger partial charge < -0.3 is 10.2 Å². The van der Waals surface area contributed by atoms with E-state index >= 15 is 0 Å². The number of amides is 1. The summed E-state index contributed by atoms with van der Waals surface area (Å²) in [5, 5.41) is -0.972. The molecule has 1 amide bonds. The molecule has 0 saturated carbocycles. The number of rotatable bonds is 4. The number of hydrogen-bond donors (Lipinski definition) is 1. The van der Waals surface area contributed by atoms with Crippen LogP contribution in [0.25, 0.3) is 0 Å². The van der Waals surface area contributed by atoms with Crippen LogP contribution in [0.4, 0.5) is 0 Å². The van der Waals surface area contributed by atoms with Crippen LogP contribution < -0.4 is 5.73 Å². The topological polar surface area (TPSA) is 73.3 Å². The minimum Gasteiger partial charge on any atom is -0.458 e. The number of alkyl halides is 1. The lowest BCUT2D eigenvalue weighted by Gasteiger charge is -2.03. The minimum atomic E-state index is -0.972. The predicted octanol–water partition coefficient (Wildman–Crippen LogP) is 1.81. The summed E-state index contributed by atoms with van der Waals surface area (Å²) in [5.74, 6) is -0.159. The normalized spacial score (nSPS) is 13.6. The zero-order valence-electron chi connectivity index (χ0n) is 8.99. The van der Waals surface area contributed by atoms with Gasteiger partial charge in [0.1, 0.15) is 11.1 Å². The van der Waals surface area contributed by atoms with E-state index in [-0.39, 0.29) is 11.5 Å². The third-order valence-corrected chi connectivity index (χ3v) is 2.55. The van der Waals surface area contributed by atoms with Crippen molar-refractivity contribution in [3.63, 3.8) is 0 Å². The number of primary amides is 1. The number of nitrogens with two attached hydrogens (primary N) is 1.